The van der Waals surface area contributed by atoms with Crippen LogP contribution in [0.4, 0.5) is 0 Å². The molecule has 1 heteroatoms. The van der Waals surface area contributed by atoms with Crippen LogP contribution in [0.3, 0.4) is 0 Å². The number of allylic oxidation sites excluding steroid dienone is 10. The molecule has 0 spiro atoms. The Morgan fingerprint density at radius 3 is 1.92 bits per heavy atom. The Bertz CT molecular complexity index is 606. The third kappa shape index (κ3) is 6.70. The third-order valence-corrected chi connectivity index (χ3v) is 3.65. The predicted octanol–water partition coefficient (Wildman–Crippen LogP) is 7.01. The van der Waals surface area contributed by atoms with Gasteiger partial charge in [0.2, 0.25) is 0 Å². The van der Waals surface area contributed by atoms with Gasteiger partial charge in [-0.2, -0.15) is 0 Å². The zero-order valence-electron chi connectivity index (χ0n) is 15.5. The van der Waals surface area contributed by atoms with E-state index in [0.29, 0.717) is 0 Å². The number of hydrogen-bond donors (Lipinski definition) is 0. The van der Waals surface area contributed by atoms with Gasteiger partial charge in [-0.15, -0.1) is 0 Å². The van der Waals surface area contributed by atoms with Crippen molar-refractivity contribution >= 4 is 0 Å². The molecule has 0 saturated carbocycles. The topological polar surface area (TPSA) is 3.24 Å². The lowest BCUT2D eigenvalue weighted by molar-refractivity contribution is 0.581. The van der Waals surface area contributed by atoms with Crippen molar-refractivity contribution in [3.05, 3.63) is 110 Å². The fourth-order valence-electron chi connectivity index (χ4n) is 2.24. The van der Waals surface area contributed by atoms with Gasteiger partial charge in [0.15, 0.2) is 0 Å². The van der Waals surface area contributed by atoms with Crippen LogP contribution in [-0.2, 0) is 0 Å². The summed E-state index contributed by atoms with van der Waals surface area (Å²) in [5.41, 5.74) is 5.26. The fraction of sp³-hybridized carbons (Fsp3) is 0.217. The van der Waals surface area contributed by atoms with Gasteiger partial charge in [-0.05, 0) is 57.1 Å². The zero-order valence-corrected chi connectivity index (χ0v) is 15.5. The Morgan fingerprint density at radius 1 is 0.917 bits per heavy atom. The van der Waals surface area contributed by atoms with Gasteiger partial charge in [-0.3, -0.25) is 0 Å². The molecule has 128 valence electrons. The van der Waals surface area contributed by atoms with E-state index in [0.717, 1.165) is 29.9 Å². The van der Waals surface area contributed by atoms with Gasteiger partial charge in [0, 0.05) is 17.1 Å². The second-order valence-corrected chi connectivity index (χ2v) is 5.35. The Labute approximate surface area is 148 Å². The molecule has 0 rings (SSSR count). The van der Waals surface area contributed by atoms with E-state index in [9.17, 15) is 0 Å². The zero-order chi connectivity index (χ0) is 18.5. The average Bonchev–Trinajstić information content (AvgIpc) is 2.60. The van der Waals surface area contributed by atoms with Crippen molar-refractivity contribution in [2.45, 2.75) is 33.6 Å². The van der Waals surface area contributed by atoms with Gasteiger partial charge >= 0.3 is 0 Å². The molecule has 0 aromatic rings. The Kier molecular flexibility index (Phi) is 10.7. The van der Waals surface area contributed by atoms with E-state index in [4.69, 9.17) is 0 Å². The number of hydrogen-bond acceptors (Lipinski definition) is 1. The molecule has 0 aliphatic carbocycles. The molecule has 0 aliphatic heterocycles. The molecule has 0 heterocycles. The Balaban J connectivity index is 5.79. The van der Waals surface area contributed by atoms with Crippen LogP contribution in [0.2, 0.25) is 0 Å². The Hall–Kier alpha value is -2.54. The summed E-state index contributed by atoms with van der Waals surface area (Å²) in [6.45, 7) is 25.8. The van der Waals surface area contributed by atoms with Gasteiger partial charge < -0.3 is 4.90 Å². The summed E-state index contributed by atoms with van der Waals surface area (Å²) in [6, 6.07) is 0. The van der Waals surface area contributed by atoms with Crippen molar-refractivity contribution in [1.29, 1.82) is 0 Å². The van der Waals surface area contributed by atoms with Crippen LogP contribution in [0, 0.1) is 0 Å². The molecule has 0 unspecified atom stereocenters. The van der Waals surface area contributed by atoms with Gasteiger partial charge in [0.05, 0.1) is 0 Å². The van der Waals surface area contributed by atoms with Crippen molar-refractivity contribution in [3.63, 3.8) is 0 Å². The van der Waals surface area contributed by atoms with Gasteiger partial charge in [0.1, 0.15) is 0 Å². The molecule has 0 aliphatic rings. The van der Waals surface area contributed by atoms with Crippen LogP contribution in [0.25, 0.3) is 0 Å². The molecule has 0 saturated heterocycles. The molecule has 0 bridgehead atoms. The van der Waals surface area contributed by atoms with Crippen LogP contribution in [0.1, 0.15) is 33.6 Å². The van der Waals surface area contributed by atoms with Crippen LogP contribution < -0.4 is 0 Å². The summed E-state index contributed by atoms with van der Waals surface area (Å²) in [6.07, 6.45) is 17.3. The summed E-state index contributed by atoms with van der Waals surface area (Å²) >= 11 is 0. The molecule has 24 heavy (non-hydrogen) atoms. The van der Waals surface area contributed by atoms with Crippen molar-refractivity contribution in [2.75, 3.05) is 0 Å². The summed E-state index contributed by atoms with van der Waals surface area (Å²) in [7, 11) is 0. The van der Waals surface area contributed by atoms with E-state index >= 15 is 0 Å². The molecule has 0 aromatic carbocycles. The maximum atomic E-state index is 4.06. The van der Waals surface area contributed by atoms with Gasteiger partial charge in [-0.25, -0.2) is 0 Å². The van der Waals surface area contributed by atoms with Crippen molar-refractivity contribution in [2.24, 2.45) is 0 Å². The molecular formula is C23H31N. The number of rotatable bonds is 11. The monoisotopic (exact) mass is 321 g/mol. The standard InChI is InChI=1S/C23H31N/c1-9-15-22(13-5)24(20(8)10-2)23(14-6)17-16-19(7)18-21(11-3)12-4/h9-11,13-17H,1-2,5-6,8,12,18H2,3-4,7H3/b19-16+,21-11+,22-15+,23-17+. The maximum absolute atomic E-state index is 4.06. The number of nitrogens with zero attached hydrogens (tertiary/aromatic N) is 1. The minimum Gasteiger partial charge on any atom is -0.311 e. The van der Waals surface area contributed by atoms with Crippen LogP contribution in [0.5, 0.6) is 0 Å². The Morgan fingerprint density at radius 2 is 1.50 bits per heavy atom. The highest BCUT2D eigenvalue weighted by Gasteiger charge is 2.11. The first-order chi connectivity index (χ1) is 11.5. The minimum atomic E-state index is 0.753. The average molecular weight is 322 g/mol. The van der Waals surface area contributed by atoms with Crippen molar-refractivity contribution in [3.8, 4) is 0 Å². The van der Waals surface area contributed by atoms with E-state index in [1.807, 2.05) is 17.1 Å². The fourth-order valence-corrected chi connectivity index (χ4v) is 2.24. The molecule has 0 N–H and O–H groups in total. The molecule has 0 fully saturated rings. The normalized spacial score (nSPS) is 13.3. The minimum absolute atomic E-state index is 0.753. The van der Waals surface area contributed by atoms with Gasteiger partial charge in [-0.1, -0.05) is 69.2 Å². The van der Waals surface area contributed by atoms with E-state index in [-0.39, 0.29) is 0 Å². The molecule has 0 radical (unpaired) electrons. The second-order valence-electron chi connectivity index (χ2n) is 5.35. The van der Waals surface area contributed by atoms with Gasteiger partial charge in [0.25, 0.3) is 0 Å². The van der Waals surface area contributed by atoms with Crippen LogP contribution in [0.15, 0.2) is 110 Å². The highest BCUT2D eigenvalue weighted by Crippen LogP contribution is 2.22. The first-order valence-electron chi connectivity index (χ1n) is 8.19. The quantitative estimate of drug-likeness (QED) is 0.292. The molecule has 0 aromatic heterocycles. The third-order valence-electron chi connectivity index (χ3n) is 3.65. The van der Waals surface area contributed by atoms with E-state index in [2.05, 4.69) is 65.8 Å². The molecule has 0 amide bonds. The van der Waals surface area contributed by atoms with Crippen LogP contribution >= 0.6 is 0 Å². The molecule has 0 atom stereocenters. The highest BCUT2D eigenvalue weighted by molar-refractivity contribution is 5.38. The summed E-state index contributed by atoms with van der Waals surface area (Å²) < 4.78 is 0. The highest BCUT2D eigenvalue weighted by atomic mass is 15.2. The summed E-state index contributed by atoms with van der Waals surface area (Å²) in [5, 5.41) is 0. The predicted molar refractivity (Wildman–Crippen MR) is 110 cm³/mol. The largest absolute Gasteiger partial charge is 0.311 e. The van der Waals surface area contributed by atoms with Crippen LogP contribution in [-0.4, -0.2) is 4.90 Å². The lowest BCUT2D eigenvalue weighted by Gasteiger charge is -2.27. The van der Waals surface area contributed by atoms with E-state index < -0.39 is 0 Å². The van der Waals surface area contributed by atoms with E-state index in [1.54, 1.807) is 24.3 Å². The lowest BCUT2D eigenvalue weighted by atomic mass is 10.0. The SMILES string of the molecule is C=C/C=C(\C=C)N(C(=C)C=C)/C(C=C)=C/C=C(\C)C/C(=C/C)CC. The first kappa shape index (κ1) is 21.5. The van der Waals surface area contributed by atoms with Crippen molar-refractivity contribution in [1.82, 2.24) is 4.90 Å². The lowest BCUT2D eigenvalue weighted by Crippen LogP contribution is -2.18. The summed E-state index contributed by atoms with van der Waals surface area (Å²) in [5.74, 6) is 0. The smallest absolute Gasteiger partial charge is 0.0455 e. The summed E-state index contributed by atoms with van der Waals surface area (Å²) in [4.78, 5) is 1.95. The second kappa shape index (κ2) is 12.0. The van der Waals surface area contributed by atoms with E-state index in [1.165, 1.54) is 11.1 Å². The maximum Gasteiger partial charge on any atom is 0.0455 e. The van der Waals surface area contributed by atoms with Crippen molar-refractivity contribution < 1.29 is 0 Å². The molecular weight excluding hydrogens is 290 g/mol. The molecule has 1 nitrogen and oxygen atoms in total. The first-order valence-corrected chi connectivity index (χ1v) is 8.19.